The smallest absolute Gasteiger partial charge is 0.191 e. The third-order valence-electron chi connectivity index (χ3n) is 4.84. The Morgan fingerprint density at radius 3 is 2.48 bits per heavy atom. The minimum atomic E-state index is 0. The Labute approximate surface area is 187 Å². The minimum Gasteiger partial charge on any atom is -0.363 e. The van der Waals surface area contributed by atoms with Gasteiger partial charge in [0.2, 0.25) is 0 Å². The third kappa shape index (κ3) is 6.33. The number of anilines is 1. The molecule has 27 heavy (non-hydrogen) atoms. The van der Waals surface area contributed by atoms with Crippen LogP contribution in [-0.4, -0.2) is 57.7 Å². The van der Waals surface area contributed by atoms with Gasteiger partial charge in [-0.15, -0.1) is 46.7 Å². The zero-order valence-electron chi connectivity index (χ0n) is 16.2. The summed E-state index contributed by atoms with van der Waals surface area (Å²) in [5.74, 6) is 0.906. The average molecular weight is 520 g/mol. The van der Waals surface area contributed by atoms with Crippen molar-refractivity contribution in [3.05, 3.63) is 39.9 Å². The summed E-state index contributed by atoms with van der Waals surface area (Å²) in [6.45, 7) is 3.05. The topological polar surface area (TPSA) is 42.9 Å². The number of nitrogens with one attached hydrogen (secondary N) is 2. The van der Waals surface area contributed by atoms with Crippen molar-refractivity contribution in [2.45, 2.75) is 24.9 Å². The van der Waals surface area contributed by atoms with Gasteiger partial charge in [0.15, 0.2) is 5.96 Å². The van der Waals surface area contributed by atoms with Gasteiger partial charge in [0, 0.05) is 37.6 Å². The van der Waals surface area contributed by atoms with Gasteiger partial charge in [-0.1, -0.05) is 6.07 Å². The lowest BCUT2D eigenvalue weighted by Gasteiger charge is -2.34. The summed E-state index contributed by atoms with van der Waals surface area (Å²) in [4.78, 5) is 10.5. The standard InChI is InChI=1S/C19H29N5S2.HI/c1-20-19(21-14-16(23(2)3)17-6-4-12-25-17)22-15-8-10-24(11-9-15)18-7-5-13-26-18;/h4-7,12-13,15-16H,8-11,14H2,1-3H3,(H2,20,21,22);1H. The predicted molar refractivity (Wildman–Crippen MR) is 130 cm³/mol. The summed E-state index contributed by atoms with van der Waals surface area (Å²) in [5.41, 5.74) is 0. The van der Waals surface area contributed by atoms with Gasteiger partial charge in [-0.3, -0.25) is 4.99 Å². The number of hydrogen-bond acceptors (Lipinski definition) is 5. The van der Waals surface area contributed by atoms with Crippen LogP contribution in [0.2, 0.25) is 0 Å². The molecular formula is C19H30IN5S2. The van der Waals surface area contributed by atoms with Crippen LogP contribution in [0.5, 0.6) is 0 Å². The van der Waals surface area contributed by atoms with E-state index in [9.17, 15) is 0 Å². The summed E-state index contributed by atoms with van der Waals surface area (Å²) in [6, 6.07) is 9.50. The Morgan fingerprint density at radius 2 is 1.93 bits per heavy atom. The molecule has 0 spiro atoms. The van der Waals surface area contributed by atoms with E-state index in [1.54, 1.807) is 11.3 Å². The molecule has 5 nitrogen and oxygen atoms in total. The maximum absolute atomic E-state index is 4.43. The first-order chi connectivity index (χ1) is 12.7. The summed E-state index contributed by atoms with van der Waals surface area (Å²) < 4.78 is 0. The number of guanidine groups is 1. The Kier molecular flexibility index (Phi) is 9.34. The van der Waals surface area contributed by atoms with Crippen molar-refractivity contribution in [1.29, 1.82) is 0 Å². The molecule has 0 aromatic carbocycles. The molecule has 0 aliphatic carbocycles. The molecule has 1 atom stereocenters. The molecular weight excluding hydrogens is 489 g/mol. The molecule has 0 radical (unpaired) electrons. The highest BCUT2D eigenvalue weighted by Crippen LogP contribution is 2.25. The van der Waals surface area contributed by atoms with E-state index in [4.69, 9.17) is 0 Å². The predicted octanol–water partition coefficient (Wildman–Crippen LogP) is 3.86. The zero-order valence-corrected chi connectivity index (χ0v) is 20.2. The van der Waals surface area contributed by atoms with Crippen LogP contribution >= 0.6 is 46.7 Å². The number of likely N-dealkylation sites (N-methyl/N-ethyl adjacent to an activating group) is 1. The normalized spacial score (nSPS) is 16.9. The van der Waals surface area contributed by atoms with Crippen LogP contribution in [0.25, 0.3) is 0 Å². The van der Waals surface area contributed by atoms with Crippen LogP contribution in [0.4, 0.5) is 5.00 Å². The molecule has 3 heterocycles. The van der Waals surface area contributed by atoms with E-state index < -0.39 is 0 Å². The fourth-order valence-electron chi connectivity index (χ4n) is 3.29. The lowest BCUT2D eigenvalue weighted by molar-refractivity contribution is 0.302. The van der Waals surface area contributed by atoms with Crippen molar-refractivity contribution < 1.29 is 0 Å². The maximum Gasteiger partial charge on any atom is 0.191 e. The Morgan fingerprint density at radius 1 is 1.22 bits per heavy atom. The highest BCUT2D eigenvalue weighted by molar-refractivity contribution is 14.0. The van der Waals surface area contributed by atoms with E-state index in [0.29, 0.717) is 12.1 Å². The van der Waals surface area contributed by atoms with Gasteiger partial charge in [-0.25, -0.2) is 0 Å². The number of hydrogen-bond donors (Lipinski definition) is 2. The lowest BCUT2D eigenvalue weighted by Crippen LogP contribution is -2.49. The van der Waals surface area contributed by atoms with Crippen molar-refractivity contribution >= 4 is 57.6 Å². The number of nitrogens with zero attached hydrogens (tertiary/aromatic N) is 3. The van der Waals surface area contributed by atoms with Gasteiger partial charge in [0.1, 0.15) is 0 Å². The molecule has 0 bridgehead atoms. The van der Waals surface area contributed by atoms with Gasteiger partial charge in [0.25, 0.3) is 0 Å². The molecule has 150 valence electrons. The van der Waals surface area contributed by atoms with Crippen LogP contribution in [0, 0.1) is 0 Å². The molecule has 1 unspecified atom stereocenters. The highest BCUT2D eigenvalue weighted by Gasteiger charge is 2.21. The molecule has 1 aliphatic rings. The molecule has 8 heteroatoms. The van der Waals surface area contributed by atoms with E-state index >= 15 is 0 Å². The van der Waals surface area contributed by atoms with Crippen molar-refractivity contribution in [3.63, 3.8) is 0 Å². The van der Waals surface area contributed by atoms with Crippen LogP contribution in [0.1, 0.15) is 23.8 Å². The number of rotatable bonds is 6. The maximum atomic E-state index is 4.43. The van der Waals surface area contributed by atoms with Crippen LogP contribution in [-0.2, 0) is 0 Å². The quantitative estimate of drug-likeness (QED) is 0.346. The Balaban J connectivity index is 0.00000261. The fourth-order valence-corrected chi connectivity index (χ4v) is 5.00. The summed E-state index contributed by atoms with van der Waals surface area (Å²) in [5, 5.41) is 12.8. The van der Waals surface area contributed by atoms with Crippen molar-refractivity contribution in [2.75, 3.05) is 45.7 Å². The van der Waals surface area contributed by atoms with Gasteiger partial charge in [-0.2, -0.15) is 0 Å². The molecule has 2 N–H and O–H groups in total. The Hall–Kier alpha value is -0.840. The van der Waals surface area contributed by atoms with Crippen molar-refractivity contribution in [1.82, 2.24) is 15.5 Å². The van der Waals surface area contributed by atoms with Gasteiger partial charge >= 0.3 is 0 Å². The first-order valence-electron chi connectivity index (χ1n) is 9.13. The monoisotopic (exact) mass is 519 g/mol. The first-order valence-corrected chi connectivity index (χ1v) is 10.9. The van der Waals surface area contributed by atoms with Crippen LogP contribution < -0.4 is 15.5 Å². The zero-order chi connectivity index (χ0) is 18.4. The SMILES string of the molecule is CN=C(NCC(c1cccs1)N(C)C)NC1CCN(c2cccs2)CC1.I. The summed E-state index contributed by atoms with van der Waals surface area (Å²) in [6.07, 6.45) is 2.28. The number of piperidine rings is 1. The summed E-state index contributed by atoms with van der Waals surface area (Å²) in [7, 11) is 6.11. The highest BCUT2D eigenvalue weighted by atomic mass is 127. The minimum absolute atomic E-state index is 0. The number of aliphatic imine (C=N–C) groups is 1. The van der Waals surface area contributed by atoms with Crippen LogP contribution in [0.15, 0.2) is 40.0 Å². The second kappa shape index (κ2) is 11.2. The van der Waals surface area contributed by atoms with Gasteiger partial charge < -0.3 is 20.4 Å². The number of thiophene rings is 2. The largest absolute Gasteiger partial charge is 0.363 e. The third-order valence-corrected chi connectivity index (χ3v) is 6.74. The van der Waals surface area contributed by atoms with Gasteiger partial charge in [-0.05, 0) is 55.9 Å². The fraction of sp³-hybridized carbons (Fsp3) is 0.526. The van der Waals surface area contributed by atoms with E-state index in [1.165, 1.54) is 9.88 Å². The van der Waals surface area contributed by atoms with Crippen molar-refractivity contribution in [2.24, 2.45) is 4.99 Å². The van der Waals surface area contributed by atoms with E-state index in [1.807, 2.05) is 18.4 Å². The van der Waals surface area contributed by atoms with E-state index in [2.05, 4.69) is 74.5 Å². The molecule has 0 saturated carbocycles. The second-order valence-electron chi connectivity index (χ2n) is 6.80. The van der Waals surface area contributed by atoms with E-state index in [-0.39, 0.29) is 24.0 Å². The second-order valence-corrected chi connectivity index (χ2v) is 8.71. The first kappa shape index (κ1) is 22.4. The molecule has 1 fully saturated rings. The lowest BCUT2D eigenvalue weighted by atomic mass is 10.1. The molecule has 2 aromatic rings. The summed E-state index contributed by atoms with van der Waals surface area (Å²) >= 11 is 3.63. The molecule has 0 amide bonds. The van der Waals surface area contributed by atoms with Gasteiger partial charge in [0.05, 0.1) is 11.0 Å². The Bertz CT molecular complexity index is 664. The molecule has 1 saturated heterocycles. The average Bonchev–Trinajstić information content (AvgIpc) is 3.35. The molecule has 3 rings (SSSR count). The number of halogens is 1. The van der Waals surface area contributed by atoms with Crippen molar-refractivity contribution in [3.8, 4) is 0 Å². The molecule has 1 aliphatic heterocycles. The molecule has 2 aromatic heterocycles. The van der Waals surface area contributed by atoms with Crippen LogP contribution in [0.3, 0.4) is 0 Å². The van der Waals surface area contributed by atoms with E-state index in [0.717, 1.165) is 38.4 Å².